The molecule has 2 atom stereocenters. The van der Waals surface area contributed by atoms with E-state index in [0.29, 0.717) is 48.8 Å². The van der Waals surface area contributed by atoms with Crippen LogP contribution in [0.25, 0.3) is 0 Å². The van der Waals surface area contributed by atoms with Crippen LogP contribution in [-0.4, -0.2) is 63.3 Å². The summed E-state index contributed by atoms with van der Waals surface area (Å²) in [6.07, 6.45) is 1.58. The molecule has 3 rings (SSSR count). The Morgan fingerprint density at radius 2 is 1.89 bits per heavy atom. The Labute approximate surface area is 164 Å². The third-order valence-corrected chi connectivity index (χ3v) is 5.41. The molecule has 0 bridgehead atoms. The van der Waals surface area contributed by atoms with Crippen LogP contribution in [0, 0.1) is 5.92 Å². The number of hydrogen-bond donors (Lipinski definition) is 2. The maximum atomic E-state index is 14.0. The van der Waals surface area contributed by atoms with Crippen LogP contribution in [0.4, 0.5) is 10.1 Å². The van der Waals surface area contributed by atoms with Crippen molar-refractivity contribution < 1.29 is 23.5 Å². The highest BCUT2D eigenvalue weighted by Crippen LogP contribution is 2.35. The zero-order valence-electron chi connectivity index (χ0n) is 16.4. The highest BCUT2D eigenvalue weighted by Gasteiger charge is 2.28. The van der Waals surface area contributed by atoms with E-state index in [0.717, 1.165) is 12.8 Å². The molecule has 0 spiro atoms. The van der Waals surface area contributed by atoms with Gasteiger partial charge in [0.05, 0.1) is 25.5 Å². The lowest BCUT2D eigenvalue weighted by molar-refractivity contribution is -0.117. The van der Waals surface area contributed by atoms with Gasteiger partial charge in [0, 0.05) is 38.0 Å². The van der Waals surface area contributed by atoms with Crippen molar-refractivity contribution in [2.75, 3.05) is 45.7 Å². The third kappa shape index (κ3) is 4.55. The fourth-order valence-corrected chi connectivity index (χ4v) is 3.79. The van der Waals surface area contributed by atoms with Crippen LogP contribution < -0.4 is 20.1 Å². The van der Waals surface area contributed by atoms with Crippen LogP contribution in [0.2, 0.25) is 0 Å². The molecule has 0 aliphatic carbocycles. The van der Waals surface area contributed by atoms with Gasteiger partial charge in [-0.05, 0) is 31.9 Å². The first kappa shape index (κ1) is 20.4. The topological polar surface area (TPSA) is 79.9 Å². The number of halogens is 1. The van der Waals surface area contributed by atoms with E-state index in [1.54, 1.807) is 17.0 Å². The van der Waals surface area contributed by atoms with Gasteiger partial charge in [-0.2, -0.15) is 0 Å². The maximum Gasteiger partial charge on any atom is 0.256 e. The Bertz CT molecular complexity index is 722. The molecule has 28 heavy (non-hydrogen) atoms. The van der Waals surface area contributed by atoms with Gasteiger partial charge in [-0.3, -0.25) is 9.59 Å². The smallest absolute Gasteiger partial charge is 0.256 e. The molecule has 2 aliphatic heterocycles. The van der Waals surface area contributed by atoms with Gasteiger partial charge in [-0.1, -0.05) is 0 Å². The monoisotopic (exact) mass is 393 g/mol. The van der Waals surface area contributed by atoms with E-state index in [2.05, 4.69) is 10.6 Å². The molecule has 2 saturated heterocycles. The SMILES string of the molecule is COc1cc(NC(=O)CC2CCNCC2F)c(C(=O)N2CCCC2)cc1OC. The normalized spacial score (nSPS) is 22.0. The molecular weight excluding hydrogens is 365 g/mol. The van der Waals surface area contributed by atoms with Gasteiger partial charge in [0.1, 0.15) is 6.17 Å². The molecule has 0 saturated carbocycles. The van der Waals surface area contributed by atoms with Crippen molar-refractivity contribution in [1.29, 1.82) is 0 Å². The summed E-state index contributed by atoms with van der Waals surface area (Å²) in [6.45, 7) is 2.36. The van der Waals surface area contributed by atoms with Crippen molar-refractivity contribution in [2.45, 2.75) is 31.9 Å². The van der Waals surface area contributed by atoms with Gasteiger partial charge in [0.2, 0.25) is 5.91 Å². The van der Waals surface area contributed by atoms with Crippen LogP contribution in [0.15, 0.2) is 12.1 Å². The second kappa shape index (κ2) is 9.23. The zero-order chi connectivity index (χ0) is 20.1. The van der Waals surface area contributed by atoms with E-state index in [4.69, 9.17) is 9.47 Å². The Morgan fingerprint density at radius 3 is 2.54 bits per heavy atom. The summed E-state index contributed by atoms with van der Waals surface area (Å²) in [4.78, 5) is 27.3. The van der Waals surface area contributed by atoms with Crippen molar-refractivity contribution in [2.24, 2.45) is 5.92 Å². The quantitative estimate of drug-likeness (QED) is 0.775. The van der Waals surface area contributed by atoms with Crippen LogP contribution in [0.1, 0.15) is 36.0 Å². The predicted octanol–water partition coefficient (Wildman–Crippen LogP) is 2.22. The summed E-state index contributed by atoms with van der Waals surface area (Å²) in [5.74, 6) is 0.0570. The number of alkyl halides is 1. The molecule has 1 aromatic carbocycles. The molecule has 1 aromatic rings. The van der Waals surface area contributed by atoms with Gasteiger partial charge in [0.15, 0.2) is 11.5 Å². The summed E-state index contributed by atoms with van der Waals surface area (Å²) < 4.78 is 24.7. The maximum absolute atomic E-state index is 14.0. The van der Waals surface area contributed by atoms with Gasteiger partial charge in [0.25, 0.3) is 5.91 Å². The number of benzene rings is 1. The van der Waals surface area contributed by atoms with Crippen molar-refractivity contribution in [3.63, 3.8) is 0 Å². The number of carbonyl (C=O) groups excluding carboxylic acids is 2. The van der Waals surface area contributed by atoms with Crippen LogP contribution in [0.5, 0.6) is 11.5 Å². The largest absolute Gasteiger partial charge is 0.493 e. The predicted molar refractivity (Wildman–Crippen MR) is 104 cm³/mol. The summed E-state index contributed by atoms with van der Waals surface area (Å²) in [6, 6.07) is 3.19. The highest BCUT2D eigenvalue weighted by molar-refractivity contribution is 6.04. The van der Waals surface area contributed by atoms with Crippen molar-refractivity contribution in [3.8, 4) is 11.5 Å². The second-order valence-electron chi connectivity index (χ2n) is 7.27. The molecule has 2 heterocycles. The average molecular weight is 393 g/mol. The fraction of sp³-hybridized carbons (Fsp3) is 0.600. The van der Waals surface area contributed by atoms with Gasteiger partial charge in [-0.15, -0.1) is 0 Å². The Kier molecular flexibility index (Phi) is 6.72. The Balaban J connectivity index is 1.82. The highest BCUT2D eigenvalue weighted by atomic mass is 19.1. The number of likely N-dealkylation sites (tertiary alicyclic amines) is 1. The number of ether oxygens (including phenoxy) is 2. The first-order valence-electron chi connectivity index (χ1n) is 9.73. The van der Waals surface area contributed by atoms with E-state index in [1.807, 2.05) is 0 Å². The Morgan fingerprint density at radius 1 is 1.21 bits per heavy atom. The molecule has 2 aliphatic rings. The number of hydrogen-bond acceptors (Lipinski definition) is 5. The lowest BCUT2D eigenvalue weighted by Gasteiger charge is -2.26. The first-order valence-corrected chi connectivity index (χ1v) is 9.73. The van der Waals surface area contributed by atoms with E-state index in [-0.39, 0.29) is 30.7 Å². The minimum Gasteiger partial charge on any atom is -0.493 e. The molecule has 0 radical (unpaired) electrons. The molecule has 8 heteroatoms. The molecule has 2 N–H and O–H groups in total. The molecule has 154 valence electrons. The molecule has 0 aromatic heterocycles. The summed E-state index contributed by atoms with van der Waals surface area (Å²) in [5.41, 5.74) is 0.721. The molecule has 7 nitrogen and oxygen atoms in total. The lowest BCUT2D eigenvalue weighted by atomic mass is 9.92. The second-order valence-corrected chi connectivity index (χ2v) is 7.27. The van der Waals surface area contributed by atoms with E-state index in [9.17, 15) is 14.0 Å². The van der Waals surface area contributed by atoms with Crippen molar-refractivity contribution >= 4 is 17.5 Å². The van der Waals surface area contributed by atoms with Gasteiger partial charge >= 0.3 is 0 Å². The Hall–Kier alpha value is -2.35. The van der Waals surface area contributed by atoms with Gasteiger partial charge in [-0.25, -0.2) is 4.39 Å². The molecule has 2 unspecified atom stereocenters. The summed E-state index contributed by atoms with van der Waals surface area (Å²) >= 11 is 0. The number of carbonyl (C=O) groups is 2. The van der Waals surface area contributed by atoms with Crippen LogP contribution in [0.3, 0.4) is 0 Å². The first-order chi connectivity index (χ1) is 13.5. The van der Waals surface area contributed by atoms with Gasteiger partial charge < -0.3 is 25.0 Å². The number of methoxy groups -OCH3 is 2. The average Bonchev–Trinajstić information content (AvgIpc) is 3.23. The zero-order valence-corrected chi connectivity index (χ0v) is 16.4. The summed E-state index contributed by atoms with van der Waals surface area (Å²) in [5, 5.41) is 5.78. The molecular formula is C20H28FN3O4. The molecule has 2 fully saturated rings. The number of nitrogens with zero attached hydrogens (tertiary/aromatic N) is 1. The standard InChI is InChI=1S/C20H28FN3O4/c1-27-17-10-14(20(26)24-7-3-4-8-24)16(11-18(17)28-2)23-19(25)9-13-5-6-22-12-15(13)21/h10-11,13,15,22H,3-9,12H2,1-2H3,(H,23,25). The fourth-order valence-electron chi connectivity index (χ4n) is 3.79. The third-order valence-electron chi connectivity index (χ3n) is 5.41. The number of piperidine rings is 1. The van der Waals surface area contributed by atoms with E-state index in [1.165, 1.54) is 14.2 Å². The number of amides is 2. The van der Waals surface area contributed by atoms with Crippen molar-refractivity contribution in [3.05, 3.63) is 17.7 Å². The molecule has 2 amide bonds. The van der Waals surface area contributed by atoms with Crippen LogP contribution in [-0.2, 0) is 4.79 Å². The number of rotatable bonds is 6. The number of anilines is 1. The lowest BCUT2D eigenvalue weighted by Crippen LogP contribution is -2.39. The van der Waals surface area contributed by atoms with E-state index < -0.39 is 6.17 Å². The minimum atomic E-state index is -1.05. The minimum absolute atomic E-state index is 0.0779. The summed E-state index contributed by atoms with van der Waals surface area (Å²) in [7, 11) is 2.99. The van der Waals surface area contributed by atoms with Crippen molar-refractivity contribution in [1.82, 2.24) is 10.2 Å². The van der Waals surface area contributed by atoms with E-state index >= 15 is 0 Å². The van der Waals surface area contributed by atoms with Crippen LogP contribution >= 0.6 is 0 Å². The number of nitrogens with one attached hydrogen (secondary N) is 2.